The third kappa shape index (κ3) is 5.51. The summed E-state index contributed by atoms with van der Waals surface area (Å²) in [6, 6.07) is 4.35. The Balaban J connectivity index is 1.56. The van der Waals surface area contributed by atoms with E-state index in [0.717, 1.165) is 30.1 Å². The number of carbonyl (C=O) groups excluding carboxylic acids is 1. The predicted molar refractivity (Wildman–Crippen MR) is 80.9 cm³/mol. The van der Waals surface area contributed by atoms with Crippen molar-refractivity contribution in [2.24, 2.45) is 0 Å². The zero-order valence-electron chi connectivity index (χ0n) is 11.1. The summed E-state index contributed by atoms with van der Waals surface area (Å²) in [5.74, 6) is 0.121. The number of halogens is 1. The van der Waals surface area contributed by atoms with Crippen LogP contribution in [0.4, 0.5) is 0 Å². The largest absolute Gasteiger partial charge is 0.352 e. The quantitative estimate of drug-likeness (QED) is 0.793. The Bertz CT molecular complexity index is 402. The molecule has 0 radical (unpaired) electrons. The van der Waals surface area contributed by atoms with Crippen LogP contribution < -0.4 is 10.6 Å². The molecule has 1 fully saturated rings. The van der Waals surface area contributed by atoms with Gasteiger partial charge in [-0.2, -0.15) is 0 Å². The van der Waals surface area contributed by atoms with Crippen LogP contribution in [0.1, 0.15) is 37.0 Å². The van der Waals surface area contributed by atoms with Crippen LogP contribution in [0.25, 0.3) is 0 Å². The number of hydrogen-bond donors (Lipinski definition) is 2. The first-order chi connectivity index (χ1) is 9.24. The summed E-state index contributed by atoms with van der Waals surface area (Å²) in [6.45, 7) is 1.23. The Morgan fingerprint density at radius 2 is 2.11 bits per heavy atom. The highest BCUT2D eigenvalue weighted by atomic mass is 35.5. The van der Waals surface area contributed by atoms with Gasteiger partial charge < -0.3 is 10.6 Å². The smallest absolute Gasteiger partial charge is 0.234 e. The summed E-state index contributed by atoms with van der Waals surface area (Å²) in [6.07, 6.45) is 7.01. The maximum atomic E-state index is 11.7. The maximum absolute atomic E-state index is 11.7. The lowest BCUT2D eigenvalue weighted by molar-refractivity contribution is -0.121. The number of amides is 1. The molecule has 1 aromatic heterocycles. The fourth-order valence-electron chi connectivity index (χ4n) is 2.43. The number of thiophene rings is 1. The summed E-state index contributed by atoms with van der Waals surface area (Å²) in [5.41, 5.74) is 0. The van der Waals surface area contributed by atoms with Gasteiger partial charge in [0.1, 0.15) is 0 Å². The molecule has 1 saturated carbocycles. The highest BCUT2D eigenvalue weighted by molar-refractivity contribution is 7.16. The summed E-state index contributed by atoms with van der Waals surface area (Å²) in [4.78, 5) is 13.0. The van der Waals surface area contributed by atoms with Gasteiger partial charge in [-0.05, 0) is 31.4 Å². The highest BCUT2D eigenvalue weighted by Gasteiger charge is 2.14. The second-order valence-corrected chi connectivity index (χ2v) is 6.83. The normalized spacial score (nSPS) is 16.5. The lowest BCUT2D eigenvalue weighted by Crippen LogP contribution is -2.41. The van der Waals surface area contributed by atoms with E-state index in [4.69, 9.17) is 11.6 Å². The fourth-order valence-corrected chi connectivity index (χ4v) is 3.51. The average Bonchev–Trinajstić information content (AvgIpc) is 2.82. The zero-order valence-corrected chi connectivity index (χ0v) is 12.7. The van der Waals surface area contributed by atoms with Gasteiger partial charge in [-0.1, -0.05) is 30.9 Å². The molecule has 2 rings (SSSR count). The minimum absolute atomic E-state index is 0.121. The van der Waals surface area contributed by atoms with Gasteiger partial charge in [0.15, 0.2) is 0 Å². The van der Waals surface area contributed by atoms with Crippen molar-refractivity contribution in [2.45, 2.75) is 44.6 Å². The minimum Gasteiger partial charge on any atom is -0.352 e. The molecule has 0 atom stereocenters. The van der Waals surface area contributed by atoms with Gasteiger partial charge in [0.05, 0.1) is 10.9 Å². The second-order valence-electron chi connectivity index (χ2n) is 5.04. The second kappa shape index (κ2) is 7.88. The highest BCUT2D eigenvalue weighted by Crippen LogP contribution is 2.21. The first kappa shape index (κ1) is 14.8. The topological polar surface area (TPSA) is 41.1 Å². The summed E-state index contributed by atoms with van der Waals surface area (Å²) >= 11 is 7.47. The van der Waals surface area contributed by atoms with Gasteiger partial charge in [0.25, 0.3) is 0 Å². The molecule has 3 nitrogen and oxygen atoms in total. The van der Waals surface area contributed by atoms with Gasteiger partial charge in [-0.3, -0.25) is 4.79 Å². The molecule has 0 unspecified atom stereocenters. The van der Waals surface area contributed by atoms with E-state index in [1.807, 2.05) is 12.1 Å². The van der Waals surface area contributed by atoms with Gasteiger partial charge in [0, 0.05) is 17.5 Å². The lowest BCUT2D eigenvalue weighted by Gasteiger charge is -2.22. The van der Waals surface area contributed by atoms with Crippen molar-refractivity contribution in [1.82, 2.24) is 10.6 Å². The van der Waals surface area contributed by atoms with E-state index >= 15 is 0 Å². The number of hydrogen-bond acceptors (Lipinski definition) is 3. The molecular weight excluding hydrogens is 280 g/mol. The van der Waals surface area contributed by atoms with Crippen LogP contribution in [0.2, 0.25) is 4.34 Å². The van der Waals surface area contributed by atoms with Gasteiger partial charge in [-0.15, -0.1) is 11.3 Å². The Morgan fingerprint density at radius 3 is 2.79 bits per heavy atom. The van der Waals surface area contributed by atoms with Crippen molar-refractivity contribution in [3.63, 3.8) is 0 Å². The Kier molecular flexibility index (Phi) is 6.14. The first-order valence-electron chi connectivity index (χ1n) is 6.98. The van der Waals surface area contributed by atoms with Crippen molar-refractivity contribution in [3.05, 3.63) is 21.3 Å². The molecule has 106 valence electrons. The molecule has 5 heteroatoms. The van der Waals surface area contributed by atoms with E-state index in [2.05, 4.69) is 10.6 Å². The van der Waals surface area contributed by atoms with E-state index in [0.29, 0.717) is 12.6 Å². The molecule has 1 amide bonds. The first-order valence-corrected chi connectivity index (χ1v) is 8.18. The van der Waals surface area contributed by atoms with Crippen molar-refractivity contribution < 1.29 is 4.79 Å². The van der Waals surface area contributed by atoms with E-state index in [1.165, 1.54) is 24.1 Å². The van der Waals surface area contributed by atoms with Crippen LogP contribution in [0, 0.1) is 0 Å². The third-order valence-corrected chi connectivity index (χ3v) is 4.72. The summed E-state index contributed by atoms with van der Waals surface area (Å²) in [7, 11) is 0. The van der Waals surface area contributed by atoms with E-state index in [1.54, 1.807) is 11.3 Å². The molecule has 0 aromatic carbocycles. The maximum Gasteiger partial charge on any atom is 0.234 e. The van der Waals surface area contributed by atoms with E-state index in [9.17, 15) is 4.79 Å². The Labute approximate surface area is 123 Å². The Hall–Kier alpha value is -0.580. The predicted octanol–water partition coefficient (Wildman–Crippen LogP) is 2.98. The molecule has 2 N–H and O–H groups in total. The summed E-state index contributed by atoms with van der Waals surface area (Å²) < 4.78 is 0.824. The standard InChI is InChI=1S/C14H21ClN2OS/c15-13-7-6-12(19-13)8-9-16-10-14(18)17-11-4-2-1-3-5-11/h6-7,11,16H,1-5,8-10H2,(H,17,18). The number of rotatable bonds is 6. The molecule has 0 saturated heterocycles. The van der Waals surface area contributed by atoms with Gasteiger partial charge >= 0.3 is 0 Å². The molecule has 1 aromatic rings. The van der Waals surface area contributed by atoms with Crippen LogP contribution >= 0.6 is 22.9 Å². The van der Waals surface area contributed by atoms with E-state index in [-0.39, 0.29) is 5.91 Å². The van der Waals surface area contributed by atoms with Crippen LogP contribution in [-0.4, -0.2) is 25.0 Å². The molecule has 1 heterocycles. The Morgan fingerprint density at radius 1 is 1.32 bits per heavy atom. The van der Waals surface area contributed by atoms with Crippen LogP contribution in [0.3, 0.4) is 0 Å². The van der Waals surface area contributed by atoms with Crippen LogP contribution in [0.15, 0.2) is 12.1 Å². The monoisotopic (exact) mass is 300 g/mol. The third-order valence-electron chi connectivity index (χ3n) is 3.43. The van der Waals surface area contributed by atoms with E-state index < -0.39 is 0 Å². The molecular formula is C14H21ClN2OS. The number of nitrogens with one attached hydrogen (secondary N) is 2. The summed E-state index contributed by atoms with van der Waals surface area (Å²) in [5, 5.41) is 6.29. The van der Waals surface area contributed by atoms with Crippen molar-refractivity contribution in [1.29, 1.82) is 0 Å². The van der Waals surface area contributed by atoms with Crippen molar-refractivity contribution in [3.8, 4) is 0 Å². The van der Waals surface area contributed by atoms with Crippen molar-refractivity contribution in [2.75, 3.05) is 13.1 Å². The van der Waals surface area contributed by atoms with Gasteiger partial charge in [-0.25, -0.2) is 0 Å². The molecule has 0 spiro atoms. The molecule has 1 aliphatic rings. The zero-order chi connectivity index (χ0) is 13.5. The number of carbonyl (C=O) groups is 1. The minimum atomic E-state index is 0.121. The van der Waals surface area contributed by atoms with Crippen molar-refractivity contribution >= 4 is 28.8 Å². The molecule has 19 heavy (non-hydrogen) atoms. The average molecular weight is 301 g/mol. The van der Waals surface area contributed by atoms with Crippen LogP contribution in [-0.2, 0) is 11.2 Å². The van der Waals surface area contributed by atoms with Crippen LogP contribution in [0.5, 0.6) is 0 Å². The lowest BCUT2D eigenvalue weighted by atomic mass is 9.95. The molecule has 0 aliphatic heterocycles. The SMILES string of the molecule is O=C(CNCCc1ccc(Cl)s1)NC1CCCCC1. The molecule has 1 aliphatic carbocycles. The fraction of sp³-hybridized carbons (Fsp3) is 0.643. The molecule has 0 bridgehead atoms. The van der Waals surface area contributed by atoms with Gasteiger partial charge in [0.2, 0.25) is 5.91 Å².